The molecule has 0 saturated carbocycles. The molecule has 1 atom stereocenters. The summed E-state index contributed by atoms with van der Waals surface area (Å²) in [6, 6.07) is 15.5. The third-order valence-electron chi connectivity index (χ3n) is 6.20. The zero-order chi connectivity index (χ0) is 24.7. The van der Waals surface area contributed by atoms with Crippen LogP contribution in [0.15, 0.2) is 48.5 Å². The van der Waals surface area contributed by atoms with E-state index < -0.39 is 0 Å². The van der Waals surface area contributed by atoms with Gasteiger partial charge in [0.2, 0.25) is 11.6 Å². The molecule has 0 aliphatic heterocycles. The first-order valence-electron chi connectivity index (χ1n) is 13.2. The van der Waals surface area contributed by atoms with Gasteiger partial charge in [-0.3, -0.25) is 0 Å². The summed E-state index contributed by atoms with van der Waals surface area (Å²) < 4.78 is 11.7. The third-order valence-corrected chi connectivity index (χ3v) is 6.20. The largest absolute Gasteiger partial charge is 0.494 e. The van der Waals surface area contributed by atoms with Gasteiger partial charge in [-0.25, -0.2) is 0 Å². The molecule has 0 aliphatic carbocycles. The van der Waals surface area contributed by atoms with E-state index >= 15 is 0 Å². The summed E-state index contributed by atoms with van der Waals surface area (Å²) in [7, 11) is 0. The number of hydrogen-bond donors (Lipinski definition) is 0. The maximum atomic E-state index is 5.88. The second-order valence-corrected chi connectivity index (χ2v) is 9.24. The Morgan fingerprint density at radius 3 is 1.54 bits per heavy atom. The molecule has 35 heavy (non-hydrogen) atoms. The van der Waals surface area contributed by atoms with Gasteiger partial charge in [-0.05, 0) is 60.9 Å². The maximum Gasteiger partial charge on any atom is 0.203 e. The number of rotatable bonds is 16. The Bertz CT molecular complexity index is 959. The quantitative estimate of drug-likeness (QED) is 0.199. The molecule has 0 saturated heterocycles. The van der Waals surface area contributed by atoms with Crippen LogP contribution in [0.4, 0.5) is 0 Å². The van der Waals surface area contributed by atoms with Crippen molar-refractivity contribution < 1.29 is 9.47 Å². The van der Waals surface area contributed by atoms with Crippen LogP contribution in [0.3, 0.4) is 0 Å². The minimum atomic E-state index is 0.493. The highest BCUT2D eigenvalue weighted by Gasteiger charge is 2.08. The first kappa shape index (κ1) is 26.6. The van der Waals surface area contributed by atoms with Crippen LogP contribution in [0.5, 0.6) is 11.5 Å². The van der Waals surface area contributed by atoms with Gasteiger partial charge in [0.25, 0.3) is 0 Å². The molecule has 0 amide bonds. The number of unbranched alkanes of at least 4 members (excludes halogenated alkanes) is 7. The second-order valence-electron chi connectivity index (χ2n) is 9.24. The molecule has 3 rings (SSSR count). The highest BCUT2D eigenvalue weighted by Crippen LogP contribution is 2.22. The first-order valence-corrected chi connectivity index (χ1v) is 13.2. The summed E-state index contributed by atoms with van der Waals surface area (Å²) in [5.74, 6) is 3.24. The average molecular weight is 477 g/mol. The predicted molar refractivity (Wildman–Crippen MR) is 142 cm³/mol. The van der Waals surface area contributed by atoms with Crippen molar-refractivity contribution in [2.45, 2.75) is 78.6 Å². The van der Waals surface area contributed by atoms with Gasteiger partial charge in [0, 0.05) is 11.1 Å². The lowest BCUT2D eigenvalue weighted by atomic mass is 10.1. The smallest absolute Gasteiger partial charge is 0.203 e. The maximum absolute atomic E-state index is 5.88. The molecule has 6 nitrogen and oxygen atoms in total. The number of nitrogens with zero attached hydrogens (tertiary/aromatic N) is 4. The van der Waals surface area contributed by atoms with E-state index in [1.54, 1.807) is 0 Å². The summed E-state index contributed by atoms with van der Waals surface area (Å²) in [5, 5.41) is 17.1. The van der Waals surface area contributed by atoms with E-state index in [9.17, 15) is 0 Å². The number of benzene rings is 2. The summed E-state index contributed by atoms with van der Waals surface area (Å²) in [6.07, 6.45) is 11.5. The van der Waals surface area contributed by atoms with Crippen molar-refractivity contribution >= 4 is 0 Å². The Labute approximate surface area is 210 Å². The van der Waals surface area contributed by atoms with E-state index in [-0.39, 0.29) is 0 Å². The van der Waals surface area contributed by atoms with Crippen molar-refractivity contribution in [2.24, 2.45) is 5.92 Å². The molecular weight excluding hydrogens is 436 g/mol. The van der Waals surface area contributed by atoms with Crippen LogP contribution in [-0.4, -0.2) is 33.6 Å². The molecule has 0 spiro atoms. The van der Waals surface area contributed by atoms with Crippen molar-refractivity contribution in [3.63, 3.8) is 0 Å². The van der Waals surface area contributed by atoms with Gasteiger partial charge in [0.05, 0.1) is 13.2 Å². The Kier molecular flexibility index (Phi) is 11.4. The molecule has 0 N–H and O–H groups in total. The summed E-state index contributed by atoms with van der Waals surface area (Å²) in [4.78, 5) is 0. The lowest BCUT2D eigenvalue weighted by Crippen LogP contribution is -2.07. The van der Waals surface area contributed by atoms with Crippen molar-refractivity contribution in [1.29, 1.82) is 0 Å². The van der Waals surface area contributed by atoms with Gasteiger partial charge in [0.1, 0.15) is 11.5 Å². The molecule has 0 bridgehead atoms. The number of hydrogen-bond acceptors (Lipinski definition) is 6. The molecule has 1 unspecified atom stereocenters. The number of ether oxygens (including phenoxy) is 2. The summed E-state index contributed by atoms with van der Waals surface area (Å²) in [5.41, 5.74) is 1.72. The predicted octanol–water partition coefficient (Wildman–Crippen LogP) is 7.55. The topological polar surface area (TPSA) is 70.0 Å². The summed E-state index contributed by atoms with van der Waals surface area (Å²) >= 11 is 0. The van der Waals surface area contributed by atoms with Crippen molar-refractivity contribution in [1.82, 2.24) is 20.4 Å². The van der Waals surface area contributed by atoms with E-state index in [2.05, 4.69) is 41.2 Å². The monoisotopic (exact) mass is 476 g/mol. The van der Waals surface area contributed by atoms with Crippen molar-refractivity contribution in [3.05, 3.63) is 48.5 Å². The Hall–Kier alpha value is -3.02. The van der Waals surface area contributed by atoms with E-state index in [1.807, 2.05) is 48.5 Å². The fraction of sp³-hybridized carbons (Fsp3) is 0.517. The molecule has 2 aromatic carbocycles. The molecule has 0 radical (unpaired) electrons. The zero-order valence-corrected chi connectivity index (χ0v) is 21.6. The van der Waals surface area contributed by atoms with Gasteiger partial charge in [-0.2, -0.15) is 0 Å². The van der Waals surface area contributed by atoms with Gasteiger partial charge in [-0.15, -0.1) is 20.4 Å². The van der Waals surface area contributed by atoms with Crippen LogP contribution >= 0.6 is 0 Å². The highest BCUT2D eigenvalue weighted by atomic mass is 16.5. The fourth-order valence-corrected chi connectivity index (χ4v) is 3.64. The third kappa shape index (κ3) is 9.27. The zero-order valence-electron chi connectivity index (χ0n) is 21.6. The van der Waals surface area contributed by atoms with Crippen molar-refractivity contribution in [2.75, 3.05) is 13.2 Å². The van der Waals surface area contributed by atoms with E-state index in [1.165, 1.54) is 44.9 Å². The average Bonchev–Trinajstić information content (AvgIpc) is 2.91. The Balaban J connectivity index is 1.43. The van der Waals surface area contributed by atoms with Crippen LogP contribution in [0, 0.1) is 5.92 Å². The molecule has 3 aromatic rings. The van der Waals surface area contributed by atoms with Crippen LogP contribution in [0.1, 0.15) is 78.6 Å². The minimum Gasteiger partial charge on any atom is -0.494 e. The normalized spacial score (nSPS) is 11.9. The molecule has 1 aromatic heterocycles. The highest BCUT2D eigenvalue weighted by molar-refractivity contribution is 5.58. The van der Waals surface area contributed by atoms with Crippen LogP contribution in [0.2, 0.25) is 0 Å². The second kappa shape index (κ2) is 15.1. The lowest BCUT2D eigenvalue weighted by molar-refractivity contribution is 0.256. The SMILES string of the molecule is CCCCCCCCCCOc1ccc(-c2nnc(-c3ccc(OCC(C)CC)cc3)nn2)cc1. The summed E-state index contributed by atoms with van der Waals surface area (Å²) in [6.45, 7) is 8.07. The fourth-order valence-electron chi connectivity index (χ4n) is 3.64. The molecule has 1 heterocycles. The van der Waals surface area contributed by atoms with Crippen LogP contribution in [-0.2, 0) is 0 Å². The van der Waals surface area contributed by atoms with Gasteiger partial charge in [0.15, 0.2) is 0 Å². The van der Waals surface area contributed by atoms with Gasteiger partial charge < -0.3 is 9.47 Å². The van der Waals surface area contributed by atoms with Gasteiger partial charge >= 0.3 is 0 Å². The van der Waals surface area contributed by atoms with Gasteiger partial charge in [-0.1, -0.05) is 72.1 Å². The minimum absolute atomic E-state index is 0.493. The molecule has 188 valence electrons. The van der Waals surface area contributed by atoms with E-state index in [4.69, 9.17) is 9.47 Å². The molecule has 0 aliphatic rings. The lowest BCUT2D eigenvalue weighted by Gasteiger charge is -2.11. The van der Waals surface area contributed by atoms with Crippen LogP contribution in [0.25, 0.3) is 22.8 Å². The first-order chi connectivity index (χ1) is 17.2. The molecule has 6 heteroatoms. The van der Waals surface area contributed by atoms with Crippen molar-refractivity contribution in [3.8, 4) is 34.3 Å². The van der Waals surface area contributed by atoms with E-state index in [0.717, 1.165) is 42.1 Å². The number of aromatic nitrogens is 4. The Morgan fingerprint density at radius 2 is 1.06 bits per heavy atom. The van der Waals surface area contributed by atoms with Crippen LogP contribution < -0.4 is 9.47 Å². The molecule has 0 fully saturated rings. The Morgan fingerprint density at radius 1 is 0.600 bits per heavy atom. The molecular formula is C29H40N4O2. The standard InChI is InChI=1S/C29H40N4O2/c1-4-6-7-8-9-10-11-12-21-34-26-17-13-24(14-18-26)28-30-32-29(33-31-28)25-15-19-27(20-16-25)35-22-23(3)5-2/h13-20,23H,4-12,21-22H2,1-3H3. The van der Waals surface area contributed by atoms with E-state index in [0.29, 0.717) is 24.2 Å².